The first kappa shape index (κ1) is 11.8. The van der Waals surface area contributed by atoms with Crippen LogP contribution >= 0.6 is 0 Å². The highest BCUT2D eigenvalue weighted by molar-refractivity contribution is 5.85. The zero-order chi connectivity index (χ0) is 13.1. The molecule has 0 aromatic heterocycles. The van der Waals surface area contributed by atoms with Gasteiger partial charge in [-0.25, -0.2) is 0 Å². The predicted molar refractivity (Wildman–Crippen MR) is 79.5 cm³/mol. The Morgan fingerprint density at radius 1 is 0.789 bits per heavy atom. The van der Waals surface area contributed by atoms with Gasteiger partial charge in [-0.3, -0.25) is 0 Å². The number of aryl methyl sites for hydroxylation is 1. The molecule has 3 aromatic rings. The smallest absolute Gasteiger partial charge is 0.122 e. The highest BCUT2D eigenvalue weighted by Crippen LogP contribution is 2.22. The fraction of sp³-hybridized carbons (Fsp3) is 0.111. The molecule has 0 amide bonds. The van der Waals surface area contributed by atoms with E-state index in [-0.39, 0.29) is 0 Å². The lowest BCUT2D eigenvalue weighted by molar-refractivity contribution is 0.305. The Morgan fingerprint density at radius 2 is 1.53 bits per heavy atom. The molecule has 0 aliphatic rings. The van der Waals surface area contributed by atoms with Crippen molar-refractivity contribution in [3.63, 3.8) is 0 Å². The molecule has 0 aliphatic heterocycles. The van der Waals surface area contributed by atoms with Gasteiger partial charge in [-0.1, -0.05) is 60.7 Å². The standard InChI is InChI=1S/C18H16O/c1-14-7-2-5-12-18(14)19-13-16-10-6-9-15-8-3-4-11-17(15)16/h2-12H,13H2,1H3. The SMILES string of the molecule is Cc1ccccc1OCc1cccc2ccccc12. The van der Waals surface area contributed by atoms with Crippen LogP contribution in [0.2, 0.25) is 0 Å². The molecule has 0 bridgehead atoms. The Kier molecular flexibility index (Phi) is 3.20. The molecule has 0 atom stereocenters. The molecule has 0 radical (unpaired) electrons. The summed E-state index contributed by atoms with van der Waals surface area (Å²) in [6.45, 7) is 2.67. The molecule has 0 aliphatic carbocycles. The molecule has 0 fully saturated rings. The van der Waals surface area contributed by atoms with E-state index in [9.17, 15) is 0 Å². The Labute approximate surface area is 113 Å². The van der Waals surface area contributed by atoms with Crippen LogP contribution in [-0.4, -0.2) is 0 Å². The van der Waals surface area contributed by atoms with E-state index < -0.39 is 0 Å². The van der Waals surface area contributed by atoms with Gasteiger partial charge in [0, 0.05) is 0 Å². The highest BCUT2D eigenvalue weighted by atomic mass is 16.5. The van der Waals surface area contributed by atoms with Crippen molar-refractivity contribution in [1.29, 1.82) is 0 Å². The highest BCUT2D eigenvalue weighted by Gasteiger charge is 2.02. The van der Waals surface area contributed by atoms with Crippen molar-refractivity contribution >= 4 is 10.8 Å². The number of benzene rings is 3. The summed E-state index contributed by atoms with van der Waals surface area (Å²) in [5, 5.41) is 2.52. The molecule has 19 heavy (non-hydrogen) atoms. The van der Waals surface area contributed by atoms with E-state index in [1.807, 2.05) is 18.2 Å². The summed E-state index contributed by atoms with van der Waals surface area (Å²) in [6.07, 6.45) is 0. The molecule has 3 aromatic carbocycles. The third-order valence-corrected chi connectivity index (χ3v) is 3.36. The van der Waals surface area contributed by atoms with E-state index in [1.54, 1.807) is 0 Å². The van der Waals surface area contributed by atoms with Crippen LogP contribution in [0, 0.1) is 6.92 Å². The topological polar surface area (TPSA) is 9.23 Å². The fourth-order valence-corrected chi connectivity index (χ4v) is 2.29. The predicted octanol–water partition coefficient (Wildman–Crippen LogP) is 4.73. The van der Waals surface area contributed by atoms with E-state index in [2.05, 4.69) is 55.5 Å². The molecule has 0 heterocycles. The molecule has 0 saturated carbocycles. The van der Waals surface area contributed by atoms with Crippen LogP contribution in [0.25, 0.3) is 10.8 Å². The maximum absolute atomic E-state index is 5.93. The fourth-order valence-electron chi connectivity index (χ4n) is 2.29. The molecule has 0 unspecified atom stereocenters. The zero-order valence-electron chi connectivity index (χ0n) is 11.0. The summed E-state index contributed by atoms with van der Waals surface area (Å²) in [5.74, 6) is 0.954. The van der Waals surface area contributed by atoms with Gasteiger partial charge in [-0.05, 0) is 34.9 Å². The maximum atomic E-state index is 5.93. The van der Waals surface area contributed by atoms with Gasteiger partial charge < -0.3 is 4.74 Å². The largest absolute Gasteiger partial charge is 0.489 e. The Bertz CT molecular complexity index is 695. The van der Waals surface area contributed by atoms with Crippen molar-refractivity contribution in [1.82, 2.24) is 0 Å². The lowest BCUT2D eigenvalue weighted by atomic mass is 10.1. The van der Waals surface area contributed by atoms with Crippen molar-refractivity contribution < 1.29 is 4.74 Å². The lowest BCUT2D eigenvalue weighted by Gasteiger charge is -2.10. The van der Waals surface area contributed by atoms with Gasteiger partial charge in [0.05, 0.1) is 0 Å². The third kappa shape index (κ3) is 2.45. The van der Waals surface area contributed by atoms with E-state index in [4.69, 9.17) is 4.74 Å². The molecule has 1 heteroatoms. The molecule has 0 spiro atoms. The van der Waals surface area contributed by atoms with Crippen molar-refractivity contribution in [2.45, 2.75) is 13.5 Å². The van der Waals surface area contributed by atoms with Crippen LogP contribution in [0.5, 0.6) is 5.75 Å². The van der Waals surface area contributed by atoms with Gasteiger partial charge in [0.2, 0.25) is 0 Å². The summed E-state index contributed by atoms with van der Waals surface area (Å²) in [5.41, 5.74) is 2.39. The van der Waals surface area contributed by atoms with Crippen molar-refractivity contribution in [3.8, 4) is 5.75 Å². The number of hydrogen-bond donors (Lipinski definition) is 0. The molecule has 0 N–H and O–H groups in total. The first-order valence-electron chi connectivity index (χ1n) is 6.50. The van der Waals surface area contributed by atoms with Gasteiger partial charge in [0.25, 0.3) is 0 Å². The monoisotopic (exact) mass is 248 g/mol. The van der Waals surface area contributed by atoms with Crippen LogP contribution in [0.4, 0.5) is 0 Å². The Balaban J connectivity index is 1.88. The number of ether oxygens (including phenoxy) is 1. The van der Waals surface area contributed by atoms with E-state index in [0.29, 0.717) is 6.61 Å². The number of fused-ring (bicyclic) bond motifs is 1. The molecular formula is C18H16O. The molecule has 0 saturated heterocycles. The zero-order valence-corrected chi connectivity index (χ0v) is 11.0. The number of rotatable bonds is 3. The van der Waals surface area contributed by atoms with Crippen LogP contribution in [-0.2, 0) is 6.61 Å². The summed E-state index contributed by atoms with van der Waals surface area (Å²) in [7, 11) is 0. The minimum atomic E-state index is 0.603. The normalized spacial score (nSPS) is 10.6. The number of para-hydroxylation sites is 1. The third-order valence-electron chi connectivity index (χ3n) is 3.36. The van der Waals surface area contributed by atoms with Gasteiger partial charge in [-0.15, -0.1) is 0 Å². The molecule has 3 rings (SSSR count). The molecule has 1 nitrogen and oxygen atoms in total. The summed E-state index contributed by atoms with van der Waals surface area (Å²) >= 11 is 0. The van der Waals surface area contributed by atoms with Gasteiger partial charge in [-0.2, -0.15) is 0 Å². The van der Waals surface area contributed by atoms with Crippen molar-refractivity contribution in [2.75, 3.05) is 0 Å². The first-order valence-corrected chi connectivity index (χ1v) is 6.50. The van der Waals surface area contributed by atoms with Gasteiger partial charge in [0.1, 0.15) is 12.4 Å². The van der Waals surface area contributed by atoms with Crippen LogP contribution in [0.3, 0.4) is 0 Å². The second-order valence-corrected chi connectivity index (χ2v) is 4.69. The average molecular weight is 248 g/mol. The Morgan fingerprint density at radius 3 is 2.42 bits per heavy atom. The molecule has 94 valence electrons. The quantitative estimate of drug-likeness (QED) is 0.651. The van der Waals surface area contributed by atoms with Gasteiger partial charge >= 0.3 is 0 Å². The van der Waals surface area contributed by atoms with E-state index in [0.717, 1.165) is 5.75 Å². The van der Waals surface area contributed by atoms with Crippen molar-refractivity contribution in [2.24, 2.45) is 0 Å². The van der Waals surface area contributed by atoms with Crippen LogP contribution < -0.4 is 4.74 Å². The van der Waals surface area contributed by atoms with Crippen LogP contribution in [0.15, 0.2) is 66.7 Å². The van der Waals surface area contributed by atoms with E-state index in [1.165, 1.54) is 21.9 Å². The second kappa shape index (κ2) is 5.15. The first-order chi connectivity index (χ1) is 9.34. The lowest BCUT2D eigenvalue weighted by Crippen LogP contribution is -1.97. The maximum Gasteiger partial charge on any atom is 0.122 e. The van der Waals surface area contributed by atoms with Crippen LogP contribution in [0.1, 0.15) is 11.1 Å². The summed E-state index contributed by atoms with van der Waals surface area (Å²) < 4.78 is 5.93. The van der Waals surface area contributed by atoms with Crippen molar-refractivity contribution in [3.05, 3.63) is 77.9 Å². The van der Waals surface area contributed by atoms with E-state index >= 15 is 0 Å². The summed E-state index contributed by atoms with van der Waals surface area (Å²) in [6, 6.07) is 22.9. The molecular weight excluding hydrogens is 232 g/mol. The number of hydrogen-bond acceptors (Lipinski definition) is 1. The minimum absolute atomic E-state index is 0.603. The minimum Gasteiger partial charge on any atom is -0.489 e. The second-order valence-electron chi connectivity index (χ2n) is 4.69. The Hall–Kier alpha value is -2.28. The summed E-state index contributed by atoms with van der Waals surface area (Å²) in [4.78, 5) is 0. The average Bonchev–Trinajstić information content (AvgIpc) is 2.46. The van der Waals surface area contributed by atoms with Gasteiger partial charge in [0.15, 0.2) is 0 Å².